The second-order valence-corrected chi connectivity index (χ2v) is 6.88. The molecule has 0 aliphatic carbocycles. The fourth-order valence-corrected chi connectivity index (χ4v) is 3.75. The number of hydrogen-bond acceptors (Lipinski definition) is 6. The molecule has 0 bridgehead atoms. The van der Waals surface area contributed by atoms with E-state index in [1.807, 2.05) is 0 Å². The molecule has 0 spiro atoms. The second-order valence-electron chi connectivity index (χ2n) is 4.97. The van der Waals surface area contributed by atoms with E-state index in [0.29, 0.717) is 28.7 Å². The highest BCUT2D eigenvalue weighted by molar-refractivity contribution is 8.13. The monoisotopic (exact) mass is 367 g/mol. The van der Waals surface area contributed by atoms with E-state index in [1.54, 1.807) is 11.4 Å². The van der Waals surface area contributed by atoms with Crippen molar-refractivity contribution in [3.05, 3.63) is 29.4 Å². The van der Waals surface area contributed by atoms with E-state index in [4.69, 9.17) is 4.74 Å². The van der Waals surface area contributed by atoms with E-state index >= 15 is 0 Å². The zero-order valence-electron chi connectivity index (χ0n) is 12.7. The standard InChI is InChI=1S/C15H14FN3O3S2/c1-22-12-3-2-9(6-10(12)16)11-8-24-14(17-11)18-13(20)7-19-4-5-23-15(19)21/h2-3,6,8H,4-5,7H2,1H3,(H,17,18,20). The molecule has 1 aliphatic heterocycles. The molecule has 0 saturated carbocycles. The van der Waals surface area contributed by atoms with E-state index in [0.717, 1.165) is 0 Å². The van der Waals surface area contributed by atoms with Gasteiger partial charge in [0, 0.05) is 23.2 Å². The third-order valence-electron chi connectivity index (χ3n) is 3.38. The van der Waals surface area contributed by atoms with Crippen LogP contribution in [0.5, 0.6) is 5.75 Å². The molecule has 24 heavy (non-hydrogen) atoms. The van der Waals surface area contributed by atoms with Gasteiger partial charge in [0.15, 0.2) is 16.7 Å². The summed E-state index contributed by atoms with van der Waals surface area (Å²) in [6, 6.07) is 4.56. The molecule has 1 fully saturated rings. The van der Waals surface area contributed by atoms with Gasteiger partial charge in [0.25, 0.3) is 5.24 Å². The molecule has 2 amide bonds. The first-order chi connectivity index (χ1) is 11.6. The van der Waals surface area contributed by atoms with Crippen molar-refractivity contribution in [2.45, 2.75) is 0 Å². The molecule has 1 aliphatic rings. The van der Waals surface area contributed by atoms with Gasteiger partial charge >= 0.3 is 0 Å². The van der Waals surface area contributed by atoms with Crippen LogP contribution in [0.1, 0.15) is 0 Å². The van der Waals surface area contributed by atoms with Crippen LogP contribution in [0.15, 0.2) is 23.6 Å². The van der Waals surface area contributed by atoms with E-state index < -0.39 is 5.82 Å². The van der Waals surface area contributed by atoms with Crippen molar-refractivity contribution in [3.63, 3.8) is 0 Å². The Balaban J connectivity index is 1.66. The zero-order chi connectivity index (χ0) is 17.1. The van der Waals surface area contributed by atoms with E-state index in [9.17, 15) is 14.0 Å². The number of ether oxygens (including phenoxy) is 1. The van der Waals surface area contributed by atoms with Gasteiger partial charge in [-0.1, -0.05) is 11.8 Å². The summed E-state index contributed by atoms with van der Waals surface area (Å²) in [6.45, 7) is 0.586. The fourth-order valence-electron chi connectivity index (χ4n) is 2.19. The molecule has 0 unspecified atom stereocenters. The molecule has 1 aromatic carbocycles. The second kappa shape index (κ2) is 7.18. The summed E-state index contributed by atoms with van der Waals surface area (Å²) in [5.74, 6) is 0.0956. The number of halogens is 1. The number of carbonyl (C=O) groups excluding carboxylic acids is 2. The van der Waals surface area contributed by atoms with Crippen molar-refractivity contribution < 1.29 is 18.7 Å². The summed E-state index contributed by atoms with van der Waals surface area (Å²) in [5, 5.41) is 4.72. The van der Waals surface area contributed by atoms with Gasteiger partial charge in [0.1, 0.15) is 6.54 Å². The summed E-state index contributed by atoms with van der Waals surface area (Å²) < 4.78 is 18.6. The first kappa shape index (κ1) is 16.7. The lowest BCUT2D eigenvalue weighted by Crippen LogP contribution is -2.33. The Morgan fingerprint density at radius 3 is 3.00 bits per heavy atom. The number of benzene rings is 1. The summed E-state index contributed by atoms with van der Waals surface area (Å²) in [7, 11) is 1.40. The maximum Gasteiger partial charge on any atom is 0.282 e. The largest absolute Gasteiger partial charge is 0.494 e. The summed E-state index contributed by atoms with van der Waals surface area (Å²) in [5.41, 5.74) is 1.15. The first-order valence-electron chi connectivity index (χ1n) is 7.08. The van der Waals surface area contributed by atoms with Crippen molar-refractivity contribution in [3.8, 4) is 17.0 Å². The fraction of sp³-hybridized carbons (Fsp3) is 0.267. The molecule has 3 rings (SSSR count). The molecule has 9 heteroatoms. The average molecular weight is 367 g/mol. The quantitative estimate of drug-likeness (QED) is 0.879. The van der Waals surface area contributed by atoms with Crippen LogP contribution in [-0.4, -0.2) is 47.0 Å². The average Bonchev–Trinajstić information content (AvgIpc) is 3.17. The highest BCUT2D eigenvalue weighted by Gasteiger charge is 2.23. The Kier molecular flexibility index (Phi) is 5.00. The maximum atomic E-state index is 13.8. The summed E-state index contributed by atoms with van der Waals surface area (Å²) in [6.07, 6.45) is 0. The molecular weight excluding hydrogens is 353 g/mol. The number of thioether (sulfide) groups is 1. The molecule has 0 radical (unpaired) electrons. The molecule has 2 aromatic rings. The highest BCUT2D eigenvalue weighted by atomic mass is 32.2. The number of nitrogens with zero attached hydrogens (tertiary/aromatic N) is 2. The highest BCUT2D eigenvalue weighted by Crippen LogP contribution is 2.28. The number of hydrogen-bond donors (Lipinski definition) is 1. The van der Waals surface area contributed by atoms with Gasteiger partial charge < -0.3 is 15.0 Å². The minimum Gasteiger partial charge on any atom is -0.494 e. The summed E-state index contributed by atoms with van der Waals surface area (Å²) in [4.78, 5) is 29.2. The van der Waals surface area contributed by atoms with Crippen molar-refractivity contribution in [2.24, 2.45) is 0 Å². The van der Waals surface area contributed by atoms with Gasteiger partial charge in [-0.15, -0.1) is 11.3 Å². The normalized spacial score (nSPS) is 14.1. The van der Waals surface area contributed by atoms with E-state index in [2.05, 4.69) is 10.3 Å². The molecule has 1 saturated heterocycles. The minimum atomic E-state index is -0.473. The molecule has 126 valence electrons. The Bertz CT molecular complexity index is 781. The van der Waals surface area contributed by atoms with Crippen LogP contribution >= 0.6 is 23.1 Å². The van der Waals surface area contributed by atoms with E-state index in [1.165, 1.54) is 47.2 Å². The lowest BCUT2D eigenvalue weighted by atomic mass is 10.1. The van der Waals surface area contributed by atoms with Crippen LogP contribution in [0.4, 0.5) is 14.3 Å². The Hall–Kier alpha value is -2.13. The third kappa shape index (κ3) is 3.68. The number of thiazole rings is 1. The van der Waals surface area contributed by atoms with Crippen LogP contribution < -0.4 is 10.1 Å². The number of amides is 2. The van der Waals surface area contributed by atoms with Gasteiger partial charge in [-0.3, -0.25) is 9.59 Å². The first-order valence-corrected chi connectivity index (χ1v) is 8.94. The van der Waals surface area contributed by atoms with Gasteiger partial charge in [0.2, 0.25) is 5.91 Å². The number of nitrogens with one attached hydrogen (secondary N) is 1. The molecule has 2 heterocycles. The molecule has 6 nitrogen and oxygen atoms in total. The predicted molar refractivity (Wildman–Crippen MR) is 92.1 cm³/mol. The molecular formula is C15H14FN3O3S2. The number of carbonyl (C=O) groups is 2. The van der Waals surface area contributed by atoms with Gasteiger partial charge in [-0.05, 0) is 18.2 Å². The van der Waals surface area contributed by atoms with Crippen LogP contribution in [0.2, 0.25) is 0 Å². The SMILES string of the molecule is COc1ccc(-c2csc(NC(=O)CN3CCSC3=O)n2)cc1F. The van der Waals surface area contributed by atoms with Gasteiger partial charge in [-0.2, -0.15) is 0 Å². The maximum absolute atomic E-state index is 13.8. The Morgan fingerprint density at radius 2 is 2.33 bits per heavy atom. The lowest BCUT2D eigenvalue weighted by Gasteiger charge is -2.12. The van der Waals surface area contributed by atoms with Crippen molar-refractivity contribution in [1.82, 2.24) is 9.88 Å². The number of aromatic nitrogens is 1. The number of rotatable bonds is 5. The van der Waals surface area contributed by atoms with E-state index in [-0.39, 0.29) is 23.4 Å². The van der Waals surface area contributed by atoms with Crippen LogP contribution in [0.25, 0.3) is 11.3 Å². The topological polar surface area (TPSA) is 71.5 Å². The Labute approximate surface area is 146 Å². The third-order valence-corrected chi connectivity index (χ3v) is 5.03. The van der Waals surface area contributed by atoms with Crippen LogP contribution in [0, 0.1) is 5.82 Å². The number of methoxy groups -OCH3 is 1. The minimum absolute atomic E-state index is 0.0118. The number of anilines is 1. The van der Waals surface area contributed by atoms with Crippen molar-refractivity contribution >= 4 is 39.4 Å². The van der Waals surface area contributed by atoms with Crippen molar-refractivity contribution in [1.29, 1.82) is 0 Å². The van der Waals surface area contributed by atoms with Gasteiger partial charge in [0.05, 0.1) is 12.8 Å². The molecule has 1 aromatic heterocycles. The summed E-state index contributed by atoms with van der Waals surface area (Å²) >= 11 is 2.45. The van der Waals surface area contributed by atoms with Crippen LogP contribution in [0.3, 0.4) is 0 Å². The van der Waals surface area contributed by atoms with Crippen LogP contribution in [-0.2, 0) is 4.79 Å². The Morgan fingerprint density at radius 1 is 1.50 bits per heavy atom. The smallest absolute Gasteiger partial charge is 0.282 e. The van der Waals surface area contributed by atoms with Crippen molar-refractivity contribution in [2.75, 3.05) is 31.3 Å². The predicted octanol–water partition coefficient (Wildman–Crippen LogP) is 3.07. The molecule has 0 atom stereocenters. The zero-order valence-corrected chi connectivity index (χ0v) is 14.4. The molecule has 1 N–H and O–H groups in total. The lowest BCUT2D eigenvalue weighted by molar-refractivity contribution is -0.116. The van der Waals surface area contributed by atoms with Gasteiger partial charge in [-0.25, -0.2) is 9.37 Å².